The van der Waals surface area contributed by atoms with Gasteiger partial charge in [0, 0.05) is 6.07 Å². The van der Waals surface area contributed by atoms with Crippen molar-refractivity contribution in [1.82, 2.24) is 9.97 Å². The second kappa shape index (κ2) is 2.63. The minimum Gasteiger partial charge on any atom is -0.375 e. The summed E-state index contributed by atoms with van der Waals surface area (Å²) in [5, 5.41) is 10.7. The smallest absolute Gasteiger partial charge is 0.289 e. The van der Waals surface area contributed by atoms with Crippen molar-refractivity contribution in [3.63, 3.8) is 0 Å². The van der Waals surface area contributed by atoms with Gasteiger partial charge in [-0.15, -0.1) is 0 Å². The van der Waals surface area contributed by atoms with E-state index in [1.165, 1.54) is 23.6 Å². The van der Waals surface area contributed by atoms with E-state index in [0.29, 0.717) is 15.5 Å². The number of rotatable bonds is 1. The largest absolute Gasteiger partial charge is 0.375 e. The van der Waals surface area contributed by atoms with Crippen LogP contribution >= 0.6 is 11.3 Å². The second-order valence-corrected chi connectivity index (χ2v) is 3.39. The SMILES string of the molecule is Nc1nc2ncc([N+](=O)[O-])cc2s1. The van der Waals surface area contributed by atoms with E-state index in [1.54, 1.807) is 0 Å². The van der Waals surface area contributed by atoms with E-state index in [1.807, 2.05) is 0 Å². The fourth-order valence-electron chi connectivity index (χ4n) is 0.926. The van der Waals surface area contributed by atoms with E-state index in [9.17, 15) is 10.1 Å². The zero-order chi connectivity index (χ0) is 9.42. The predicted octanol–water partition coefficient (Wildman–Crippen LogP) is 1.18. The van der Waals surface area contributed by atoms with Gasteiger partial charge in [0.2, 0.25) is 0 Å². The normalized spacial score (nSPS) is 10.5. The quantitative estimate of drug-likeness (QED) is 0.545. The van der Waals surface area contributed by atoms with E-state index < -0.39 is 4.92 Å². The maximum atomic E-state index is 10.4. The van der Waals surface area contributed by atoms with Crippen LogP contribution in [0.15, 0.2) is 12.3 Å². The van der Waals surface area contributed by atoms with Crippen molar-refractivity contribution in [2.75, 3.05) is 5.73 Å². The van der Waals surface area contributed by atoms with Crippen LogP contribution in [-0.2, 0) is 0 Å². The third-order valence-corrected chi connectivity index (χ3v) is 2.28. The highest BCUT2D eigenvalue weighted by atomic mass is 32.1. The number of nitrogen functional groups attached to an aromatic ring is 1. The molecule has 2 rings (SSSR count). The van der Waals surface area contributed by atoms with Crippen LogP contribution in [0.5, 0.6) is 0 Å². The Bertz CT molecular complexity index is 480. The molecule has 2 N–H and O–H groups in total. The molecular formula is C6H4N4O2S. The molecule has 0 atom stereocenters. The summed E-state index contributed by atoms with van der Waals surface area (Å²) in [5.74, 6) is 0. The predicted molar refractivity (Wildman–Crippen MR) is 48.5 cm³/mol. The lowest BCUT2D eigenvalue weighted by Crippen LogP contribution is -1.88. The van der Waals surface area contributed by atoms with Gasteiger partial charge >= 0.3 is 0 Å². The molecule has 0 aliphatic rings. The third kappa shape index (κ3) is 1.29. The van der Waals surface area contributed by atoms with Crippen molar-refractivity contribution >= 4 is 32.5 Å². The van der Waals surface area contributed by atoms with Crippen LogP contribution in [0.2, 0.25) is 0 Å². The lowest BCUT2D eigenvalue weighted by atomic mass is 10.4. The average Bonchev–Trinajstić information content (AvgIpc) is 2.42. The van der Waals surface area contributed by atoms with Gasteiger partial charge in [-0.3, -0.25) is 10.1 Å². The second-order valence-electron chi connectivity index (χ2n) is 2.32. The molecule has 0 saturated carbocycles. The Hall–Kier alpha value is -1.76. The Labute approximate surface area is 76.2 Å². The van der Waals surface area contributed by atoms with Crippen LogP contribution in [0.25, 0.3) is 10.3 Å². The zero-order valence-corrected chi connectivity index (χ0v) is 7.11. The summed E-state index contributed by atoms with van der Waals surface area (Å²) in [6.07, 6.45) is 1.17. The van der Waals surface area contributed by atoms with Gasteiger partial charge < -0.3 is 5.73 Å². The molecule has 2 heterocycles. The van der Waals surface area contributed by atoms with E-state index in [4.69, 9.17) is 5.73 Å². The molecule has 0 amide bonds. The Morgan fingerprint density at radius 3 is 3.08 bits per heavy atom. The molecule has 0 fully saturated rings. The number of fused-ring (bicyclic) bond motifs is 1. The van der Waals surface area contributed by atoms with Gasteiger partial charge in [0.05, 0.1) is 9.62 Å². The van der Waals surface area contributed by atoms with Crippen molar-refractivity contribution in [2.45, 2.75) is 0 Å². The minimum atomic E-state index is -0.498. The topological polar surface area (TPSA) is 94.9 Å². The summed E-state index contributed by atoms with van der Waals surface area (Å²) in [7, 11) is 0. The highest BCUT2D eigenvalue weighted by Gasteiger charge is 2.09. The van der Waals surface area contributed by atoms with Gasteiger partial charge in [0.1, 0.15) is 6.20 Å². The molecule has 2 aromatic rings. The first kappa shape index (κ1) is 7.87. The van der Waals surface area contributed by atoms with Crippen molar-refractivity contribution in [1.29, 1.82) is 0 Å². The van der Waals surface area contributed by atoms with Crippen LogP contribution in [0, 0.1) is 10.1 Å². The first-order valence-corrected chi connectivity index (χ1v) is 4.15. The van der Waals surface area contributed by atoms with Crippen LogP contribution in [0.3, 0.4) is 0 Å². The number of nitrogens with zero attached hydrogens (tertiary/aromatic N) is 3. The molecule has 66 valence electrons. The summed E-state index contributed by atoms with van der Waals surface area (Å²) in [6, 6.07) is 1.41. The van der Waals surface area contributed by atoms with Crippen LogP contribution in [0.4, 0.5) is 10.8 Å². The summed E-state index contributed by atoms with van der Waals surface area (Å²) in [5.41, 5.74) is 5.82. The Balaban J connectivity index is 2.67. The lowest BCUT2D eigenvalue weighted by Gasteiger charge is -1.88. The highest BCUT2D eigenvalue weighted by molar-refractivity contribution is 7.22. The number of hydrogen-bond donors (Lipinski definition) is 1. The summed E-state index contributed by atoms with van der Waals surface area (Å²) >= 11 is 1.18. The van der Waals surface area contributed by atoms with Crippen LogP contribution in [0.1, 0.15) is 0 Å². The van der Waals surface area contributed by atoms with Gasteiger partial charge in [-0.2, -0.15) is 0 Å². The van der Waals surface area contributed by atoms with E-state index in [-0.39, 0.29) is 5.69 Å². The average molecular weight is 196 g/mol. The monoisotopic (exact) mass is 196 g/mol. The molecule has 0 saturated heterocycles. The standard InChI is InChI=1S/C6H4N4O2S/c7-6-9-5-4(13-6)1-3(2-8-5)10(11)12/h1-2H,(H2,7,8,9). The number of pyridine rings is 1. The lowest BCUT2D eigenvalue weighted by molar-refractivity contribution is -0.385. The maximum Gasteiger partial charge on any atom is 0.289 e. The Morgan fingerprint density at radius 1 is 1.62 bits per heavy atom. The number of hydrogen-bond acceptors (Lipinski definition) is 6. The van der Waals surface area contributed by atoms with Crippen LogP contribution in [-0.4, -0.2) is 14.9 Å². The fraction of sp³-hybridized carbons (Fsp3) is 0. The molecule has 0 spiro atoms. The van der Waals surface area contributed by atoms with E-state index in [2.05, 4.69) is 9.97 Å². The molecule has 0 aromatic carbocycles. The molecule has 13 heavy (non-hydrogen) atoms. The van der Waals surface area contributed by atoms with Crippen molar-refractivity contribution in [3.05, 3.63) is 22.4 Å². The Morgan fingerprint density at radius 2 is 2.38 bits per heavy atom. The minimum absolute atomic E-state index is 0.0452. The van der Waals surface area contributed by atoms with Gasteiger partial charge in [0.25, 0.3) is 5.69 Å². The molecule has 0 bridgehead atoms. The highest BCUT2D eigenvalue weighted by Crippen LogP contribution is 2.25. The number of nitrogens with two attached hydrogens (primary N) is 1. The summed E-state index contributed by atoms with van der Waals surface area (Å²) in [6.45, 7) is 0. The van der Waals surface area contributed by atoms with Crippen molar-refractivity contribution < 1.29 is 4.92 Å². The first-order chi connectivity index (χ1) is 6.16. The molecule has 2 aromatic heterocycles. The number of nitro groups is 1. The van der Waals surface area contributed by atoms with Crippen LogP contribution < -0.4 is 5.73 Å². The maximum absolute atomic E-state index is 10.4. The molecule has 0 aliphatic carbocycles. The number of thiazole rings is 1. The van der Waals surface area contributed by atoms with Gasteiger partial charge in [-0.1, -0.05) is 11.3 Å². The van der Waals surface area contributed by atoms with Crippen molar-refractivity contribution in [2.24, 2.45) is 0 Å². The van der Waals surface area contributed by atoms with E-state index in [0.717, 1.165) is 0 Å². The van der Waals surface area contributed by atoms with Gasteiger partial charge in [-0.05, 0) is 0 Å². The van der Waals surface area contributed by atoms with E-state index >= 15 is 0 Å². The summed E-state index contributed by atoms with van der Waals surface area (Å²) in [4.78, 5) is 17.5. The zero-order valence-electron chi connectivity index (χ0n) is 6.30. The summed E-state index contributed by atoms with van der Waals surface area (Å²) < 4.78 is 0.631. The molecule has 0 radical (unpaired) electrons. The molecule has 0 unspecified atom stereocenters. The van der Waals surface area contributed by atoms with Gasteiger partial charge in [0.15, 0.2) is 10.8 Å². The molecule has 6 nitrogen and oxygen atoms in total. The number of anilines is 1. The molecule has 0 aliphatic heterocycles. The fourth-order valence-corrected chi connectivity index (χ4v) is 1.65. The van der Waals surface area contributed by atoms with Crippen molar-refractivity contribution in [3.8, 4) is 0 Å². The molecule has 7 heteroatoms. The first-order valence-electron chi connectivity index (χ1n) is 3.33. The number of aromatic nitrogens is 2. The third-order valence-electron chi connectivity index (χ3n) is 1.46. The Kier molecular flexibility index (Phi) is 1.59. The molecular weight excluding hydrogens is 192 g/mol. The van der Waals surface area contributed by atoms with Gasteiger partial charge in [-0.25, -0.2) is 9.97 Å².